The van der Waals surface area contributed by atoms with Gasteiger partial charge in [-0.2, -0.15) is 0 Å². The van der Waals surface area contributed by atoms with Gasteiger partial charge >= 0.3 is 0 Å². The molecule has 0 aliphatic rings. The quantitative estimate of drug-likeness (QED) is 0.784. The smallest absolute Gasteiger partial charge is 0.163 e. The van der Waals surface area contributed by atoms with Gasteiger partial charge < -0.3 is 10.2 Å². The minimum atomic E-state index is -0.728. The monoisotopic (exact) mass is 284 g/mol. The average molecular weight is 284 g/mol. The Morgan fingerprint density at radius 2 is 1.75 bits per heavy atom. The SMILES string of the molecule is CCNC(CCN(CC)CC)c1ccc(C)c(F)c1F. The molecule has 1 unspecified atom stereocenters. The highest BCUT2D eigenvalue weighted by Gasteiger charge is 2.19. The number of rotatable bonds is 8. The Kier molecular flexibility index (Phi) is 7.10. The first-order chi connectivity index (χ1) is 9.54. The van der Waals surface area contributed by atoms with Gasteiger partial charge in [0.25, 0.3) is 0 Å². The maximum absolute atomic E-state index is 14.1. The van der Waals surface area contributed by atoms with Crippen LogP contribution in [-0.2, 0) is 0 Å². The summed E-state index contributed by atoms with van der Waals surface area (Å²) in [5, 5.41) is 3.26. The second-order valence-corrected chi connectivity index (χ2v) is 5.03. The van der Waals surface area contributed by atoms with E-state index in [-0.39, 0.29) is 6.04 Å². The van der Waals surface area contributed by atoms with Crippen LogP contribution in [0.15, 0.2) is 12.1 Å². The van der Waals surface area contributed by atoms with Crippen LogP contribution in [0.1, 0.15) is 44.4 Å². The van der Waals surface area contributed by atoms with Gasteiger partial charge in [0.05, 0.1) is 0 Å². The summed E-state index contributed by atoms with van der Waals surface area (Å²) in [7, 11) is 0. The van der Waals surface area contributed by atoms with Crippen molar-refractivity contribution < 1.29 is 8.78 Å². The van der Waals surface area contributed by atoms with Crippen molar-refractivity contribution >= 4 is 0 Å². The van der Waals surface area contributed by atoms with Crippen molar-refractivity contribution in [3.63, 3.8) is 0 Å². The number of hydrogen-bond donors (Lipinski definition) is 1. The first kappa shape index (κ1) is 17.1. The van der Waals surface area contributed by atoms with E-state index in [1.54, 1.807) is 19.1 Å². The summed E-state index contributed by atoms with van der Waals surface area (Å²) in [5.41, 5.74) is 0.785. The summed E-state index contributed by atoms with van der Waals surface area (Å²) in [6, 6.07) is 3.20. The molecule has 1 aromatic rings. The normalized spacial score (nSPS) is 12.9. The lowest BCUT2D eigenvalue weighted by Gasteiger charge is -2.24. The Morgan fingerprint density at radius 3 is 2.30 bits per heavy atom. The molecule has 0 saturated heterocycles. The second kappa shape index (κ2) is 8.32. The zero-order chi connectivity index (χ0) is 15.1. The van der Waals surface area contributed by atoms with Crippen LogP contribution in [0.4, 0.5) is 8.78 Å². The van der Waals surface area contributed by atoms with E-state index in [0.717, 1.165) is 32.6 Å². The van der Waals surface area contributed by atoms with Crippen molar-refractivity contribution in [1.82, 2.24) is 10.2 Å². The van der Waals surface area contributed by atoms with Crippen molar-refractivity contribution in [3.05, 3.63) is 34.9 Å². The van der Waals surface area contributed by atoms with E-state index in [1.165, 1.54) is 0 Å². The fourth-order valence-electron chi connectivity index (χ4n) is 2.40. The number of halogens is 2. The fraction of sp³-hybridized carbons (Fsp3) is 0.625. The minimum Gasteiger partial charge on any atom is -0.310 e. The Balaban J connectivity index is 2.88. The highest BCUT2D eigenvalue weighted by molar-refractivity contribution is 5.28. The van der Waals surface area contributed by atoms with Crippen LogP contribution in [0.25, 0.3) is 0 Å². The van der Waals surface area contributed by atoms with E-state index < -0.39 is 11.6 Å². The van der Waals surface area contributed by atoms with Gasteiger partial charge in [-0.1, -0.05) is 32.9 Å². The number of aryl methyl sites for hydroxylation is 1. The van der Waals surface area contributed by atoms with Crippen LogP contribution < -0.4 is 5.32 Å². The highest BCUT2D eigenvalue weighted by atomic mass is 19.2. The van der Waals surface area contributed by atoms with Crippen LogP contribution in [0.2, 0.25) is 0 Å². The largest absolute Gasteiger partial charge is 0.310 e. The number of nitrogens with one attached hydrogen (secondary N) is 1. The molecule has 0 aliphatic carbocycles. The summed E-state index contributed by atoms with van der Waals surface area (Å²) in [6.45, 7) is 11.3. The second-order valence-electron chi connectivity index (χ2n) is 5.03. The molecule has 114 valence electrons. The third kappa shape index (κ3) is 4.25. The van der Waals surface area contributed by atoms with Crippen molar-refractivity contribution in [2.75, 3.05) is 26.2 Å². The predicted molar refractivity (Wildman–Crippen MR) is 79.9 cm³/mol. The van der Waals surface area contributed by atoms with E-state index in [1.807, 2.05) is 6.92 Å². The molecule has 4 heteroatoms. The number of benzene rings is 1. The van der Waals surface area contributed by atoms with E-state index in [4.69, 9.17) is 0 Å². The topological polar surface area (TPSA) is 15.3 Å². The van der Waals surface area contributed by atoms with Crippen LogP contribution in [-0.4, -0.2) is 31.1 Å². The summed E-state index contributed by atoms with van der Waals surface area (Å²) < 4.78 is 27.8. The lowest BCUT2D eigenvalue weighted by molar-refractivity contribution is 0.280. The predicted octanol–water partition coefficient (Wildman–Crippen LogP) is 3.66. The molecule has 2 nitrogen and oxygen atoms in total. The summed E-state index contributed by atoms with van der Waals surface area (Å²) in [5.74, 6) is -1.44. The summed E-state index contributed by atoms with van der Waals surface area (Å²) in [6.07, 6.45) is 0.773. The molecule has 0 aliphatic heterocycles. The minimum absolute atomic E-state index is 0.143. The molecule has 1 aromatic carbocycles. The molecular weight excluding hydrogens is 258 g/mol. The molecule has 1 N–H and O–H groups in total. The van der Waals surface area contributed by atoms with Crippen LogP contribution >= 0.6 is 0 Å². The Hall–Kier alpha value is -1.00. The van der Waals surface area contributed by atoms with Gasteiger partial charge in [-0.25, -0.2) is 8.78 Å². The number of nitrogens with zero attached hydrogens (tertiary/aromatic N) is 1. The zero-order valence-corrected chi connectivity index (χ0v) is 13.0. The van der Waals surface area contributed by atoms with Crippen molar-refractivity contribution in [3.8, 4) is 0 Å². The van der Waals surface area contributed by atoms with Crippen LogP contribution in [0.5, 0.6) is 0 Å². The van der Waals surface area contributed by atoms with E-state index in [9.17, 15) is 8.78 Å². The third-order valence-corrected chi connectivity index (χ3v) is 3.76. The van der Waals surface area contributed by atoms with Crippen molar-refractivity contribution in [2.24, 2.45) is 0 Å². The van der Waals surface area contributed by atoms with Crippen LogP contribution in [0.3, 0.4) is 0 Å². The highest BCUT2D eigenvalue weighted by Crippen LogP contribution is 2.24. The lowest BCUT2D eigenvalue weighted by atomic mass is 10.0. The van der Waals surface area contributed by atoms with Crippen molar-refractivity contribution in [1.29, 1.82) is 0 Å². The summed E-state index contributed by atoms with van der Waals surface area (Å²) >= 11 is 0. The van der Waals surface area contributed by atoms with Gasteiger partial charge in [-0.15, -0.1) is 0 Å². The van der Waals surface area contributed by atoms with Crippen LogP contribution in [0, 0.1) is 18.6 Å². The molecule has 0 amide bonds. The van der Waals surface area contributed by atoms with Gasteiger partial charge in [0, 0.05) is 11.6 Å². The van der Waals surface area contributed by atoms with Gasteiger partial charge in [-0.3, -0.25) is 0 Å². The standard InChI is InChI=1S/C16H26F2N2/c1-5-19-14(10-11-20(6-2)7-3)13-9-8-12(4)15(17)16(13)18/h8-9,14,19H,5-7,10-11H2,1-4H3. The van der Waals surface area contributed by atoms with Gasteiger partial charge in [0.1, 0.15) is 0 Å². The molecule has 0 bridgehead atoms. The van der Waals surface area contributed by atoms with E-state index in [2.05, 4.69) is 24.1 Å². The maximum atomic E-state index is 14.1. The molecule has 0 radical (unpaired) electrons. The molecule has 20 heavy (non-hydrogen) atoms. The Morgan fingerprint density at radius 1 is 1.10 bits per heavy atom. The average Bonchev–Trinajstić information content (AvgIpc) is 2.45. The molecule has 1 rings (SSSR count). The zero-order valence-electron chi connectivity index (χ0n) is 13.0. The molecule has 0 saturated carbocycles. The first-order valence-electron chi connectivity index (χ1n) is 7.45. The van der Waals surface area contributed by atoms with Crippen molar-refractivity contribution in [2.45, 2.75) is 40.2 Å². The first-order valence-corrected chi connectivity index (χ1v) is 7.45. The maximum Gasteiger partial charge on any atom is 0.163 e. The van der Waals surface area contributed by atoms with E-state index >= 15 is 0 Å². The Bertz CT molecular complexity index is 417. The summed E-state index contributed by atoms with van der Waals surface area (Å²) in [4.78, 5) is 2.28. The lowest BCUT2D eigenvalue weighted by Crippen LogP contribution is -2.30. The fourth-order valence-corrected chi connectivity index (χ4v) is 2.40. The molecule has 1 atom stereocenters. The van der Waals surface area contributed by atoms with Gasteiger partial charge in [0.2, 0.25) is 0 Å². The van der Waals surface area contributed by atoms with E-state index in [0.29, 0.717) is 11.1 Å². The molecule has 0 aromatic heterocycles. The Labute approximate surface area is 121 Å². The molecular formula is C16H26F2N2. The molecule has 0 spiro atoms. The van der Waals surface area contributed by atoms with Gasteiger partial charge in [0.15, 0.2) is 11.6 Å². The number of hydrogen-bond acceptors (Lipinski definition) is 2. The molecule has 0 fully saturated rings. The van der Waals surface area contributed by atoms with Gasteiger partial charge in [-0.05, 0) is 45.1 Å². The third-order valence-electron chi connectivity index (χ3n) is 3.76. The molecule has 0 heterocycles.